The van der Waals surface area contributed by atoms with Crippen molar-refractivity contribution in [2.45, 2.75) is 64.0 Å². The zero-order valence-electron chi connectivity index (χ0n) is 13.5. The molecule has 3 N–H and O–H groups in total. The number of carbonyl (C=O) groups is 1. The lowest BCUT2D eigenvalue weighted by molar-refractivity contribution is 0.153. The summed E-state index contributed by atoms with van der Waals surface area (Å²) in [7, 11) is 0. The van der Waals surface area contributed by atoms with E-state index in [1.54, 1.807) is 0 Å². The predicted octanol–water partition coefficient (Wildman–Crippen LogP) is 1.71. The van der Waals surface area contributed by atoms with Crippen molar-refractivity contribution in [1.82, 2.24) is 15.5 Å². The number of hydrogen-bond acceptors (Lipinski definition) is 3. The molecule has 1 saturated carbocycles. The summed E-state index contributed by atoms with van der Waals surface area (Å²) in [6, 6.07) is 0.166. The van der Waals surface area contributed by atoms with Gasteiger partial charge >= 0.3 is 6.03 Å². The zero-order valence-corrected chi connectivity index (χ0v) is 13.5. The maximum absolute atomic E-state index is 12.1. The molecule has 0 bridgehead atoms. The number of amides is 2. The molecule has 5 heteroatoms. The minimum atomic E-state index is -0.373. The maximum Gasteiger partial charge on any atom is 0.315 e. The van der Waals surface area contributed by atoms with Gasteiger partial charge in [-0.05, 0) is 31.6 Å². The number of likely N-dealkylation sites (tertiary alicyclic amines) is 1. The second-order valence-electron chi connectivity index (χ2n) is 7.21. The van der Waals surface area contributed by atoms with Crippen LogP contribution in [0.2, 0.25) is 0 Å². The van der Waals surface area contributed by atoms with E-state index in [2.05, 4.69) is 29.4 Å². The van der Waals surface area contributed by atoms with Crippen LogP contribution in [-0.4, -0.2) is 53.9 Å². The van der Waals surface area contributed by atoms with Gasteiger partial charge in [-0.25, -0.2) is 4.79 Å². The lowest BCUT2D eigenvalue weighted by Gasteiger charge is -2.34. The van der Waals surface area contributed by atoms with Crippen LogP contribution in [0.15, 0.2) is 0 Å². The minimum absolute atomic E-state index is 0.0489. The third-order valence-electron chi connectivity index (χ3n) is 4.79. The number of urea groups is 1. The molecule has 1 saturated heterocycles. The summed E-state index contributed by atoms with van der Waals surface area (Å²) >= 11 is 0. The van der Waals surface area contributed by atoms with Crippen molar-refractivity contribution in [2.24, 2.45) is 5.92 Å². The van der Waals surface area contributed by atoms with Gasteiger partial charge in [-0.1, -0.05) is 26.7 Å². The summed E-state index contributed by atoms with van der Waals surface area (Å²) in [6.45, 7) is 7.81. The van der Waals surface area contributed by atoms with Gasteiger partial charge in [0.2, 0.25) is 0 Å². The van der Waals surface area contributed by atoms with Crippen molar-refractivity contribution >= 4 is 6.03 Å². The number of rotatable bonds is 5. The molecule has 0 aromatic heterocycles. The fourth-order valence-corrected chi connectivity index (χ4v) is 3.61. The molecular weight excluding hydrogens is 266 g/mol. The summed E-state index contributed by atoms with van der Waals surface area (Å²) in [5.41, 5.74) is -0.373. The third-order valence-corrected chi connectivity index (χ3v) is 4.79. The van der Waals surface area contributed by atoms with E-state index in [1.807, 2.05) is 0 Å². The number of carbonyl (C=O) groups excluding carboxylic acids is 1. The maximum atomic E-state index is 12.1. The number of nitrogens with one attached hydrogen (secondary N) is 2. The zero-order chi connectivity index (χ0) is 15.3. The van der Waals surface area contributed by atoms with Gasteiger partial charge in [0.1, 0.15) is 0 Å². The molecule has 5 nitrogen and oxygen atoms in total. The van der Waals surface area contributed by atoms with Crippen LogP contribution < -0.4 is 10.6 Å². The number of nitrogens with zero attached hydrogens (tertiary/aromatic N) is 1. The van der Waals surface area contributed by atoms with Gasteiger partial charge in [0.25, 0.3) is 0 Å². The molecule has 21 heavy (non-hydrogen) atoms. The Hall–Kier alpha value is -0.810. The highest BCUT2D eigenvalue weighted by molar-refractivity contribution is 5.75. The van der Waals surface area contributed by atoms with Crippen LogP contribution in [0, 0.1) is 5.92 Å². The lowest BCUT2D eigenvalue weighted by Crippen LogP contribution is -2.56. The van der Waals surface area contributed by atoms with E-state index < -0.39 is 0 Å². The Morgan fingerprint density at radius 3 is 2.43 bits per heavy atom. The monoisotopic (exact) mass is 297 g/mol. The van der Waals surface area contributed by atoms with Crippen molar-refractivity contribution in [3.63, 3.8) is 0 Å². The van der Waals surface area contributed by atoms with E-state index in [4.69, 9.17) is 0 Å². The van der Waals surface area contributed by atoms with Crippen LogP contribution in [0.4, 0.5) is 4.79 Å². The number of hydrogen-bond donors (Lipinski definition) is 3. The van der Waals surface area contributed by atoms with Crippen LogP contribution >= 0.6 is 0 Å². The lowest BCUT2D eigenvalue weighted by atomic mass is 9.99. The first-order chi connectivity index (χ1) is 10.0. The van der Waals surface area contributed by atoms with E-state index in [0.717, 1.165) is 58.2 Å². The van der Waals surface area contributed by atoms with Crippen molar-refractivity contribution in [1.29, 1.82) is 0 Å². The summed E-state index contributed by atoms with van der Waals surface area (Å²) in [5, 5.41) is 15.7. The Bertz CT molecular complexity index is 332. The molecular formula is C16H31N3O2. The van der Waals surface area contributed by atoms with Gasteiger partial charge in [0.15, 0.2) is 0 Å². The normalized spacial score (nSPS) is 23.4. The van der Waals surface area contributed by atoms with Crippen molar-refractivity contribution in [3.05, 3.63) is 0 Å². The summed E-state index contributed by atoms with van der Waals surface area (Å²) in [5.74, 6) is 0.699. The van der Waals surface area contributed by atoms with Gasteiger partial charge in [0.05, 0.1) is 12.1 Å². The molecule has 0 spiro atoms. The first kappa shape index (κ1) is 16.6. The molecule has 1 aliphatic carbocycles. The highest BCUT2D eigenvalue weighted by atomic mass is 16.3. The standard InChI is InChI=1S/C16H31N3O2/c1-13(2)11-19-9-5-14(6-10-19)17-15(21)18-16(12-20)7-3-4-8-16/h13-14,20H,3-12H2,1-2H3,(H2,17,18,21). The third kappa shape index (κ3) is 4.85. The molecule has 2 aliphatic rings. The van der Waals surface area contributed by atoms with E-state index >= 15 is 0 Å². The van der Waals surface area contributed by atoms with E-state index in [0.29, 0.717) is 5.92 Å². The van der Waals surface area contributed by atoms with Crippen molar-refractivity contribution in [2.75, 3.05) is 26.2 Å². The predicted molar refractivity (Wildman–Crippen MR) is 84.3 cm³/mol. The molecule has 0 radical (unpaired) electrons. The smallest absolute Gasteiger partial charge is 0.315 e. The van der Waals surface area contributed by atoms with Gasteiger partial charge in [-0.15, -0.1) is 0 Å². The first-order valence-corrected chi connectivity index (χ1v) is 8.45. The van der Waals surface area contributed by atoms with Crippen LogP contribution in [0.3, 0.4) is 0 Å². The van der Waals surface area contributed by atoms with E-state index in [-0.39, 0.29) is 24.2 Å². The largest absolute Gasteiger partial charge is 0.394 e. The van der Waals surface area contributed by atoms with Crippen LogP contribution in [0.5, 0.6) is 0 Å². The summed E-state index contributed by atoms with van der Waals surface area (Å²) < 4.78 is 0. The van der Waals surface area contributed by atoms with Gasteiger partial charge < -0.3 is 20.6 Å². The second-order valence-corrected chi connectivity index (χ2v) is 7.21. The first-order valence-electron chi connectivity index (χ1n) is 8.45. The molecule has 122 valence electrons. The average molecular weight is 297 g/mol. The molecule has 0 unspecified atom stereocenters. The highest BCUT2D eigenvalue weighted by Gasteiger charge is 2.35. The summed E-state index contributed by atoms with van der Waals surface area (Å²) in [4.78, 5) is 14.6. The minimum Gasteiger partial charge on any atom is -0.394 e. The van der Waals surface area contributed by atoms with Gasteiger partial charge in [-0.3, -0.25) is 0 Å². The Morgan fingerprint density at radius 1 is 1.29 bits per heavy atom. The van der Waals surface area contributed by atoms with Gasteiger partial charge in [-0.2, -0.15) is 0 Å². The quantitative estimate of drug-likeness (QED) is 0.724. The highest BCUT2D eigenvalue weighted by Crippen LogP contribution is 2.29. The van der Waals surface area contributed by atoms with Crippen LogP contribution in [0.1, 0.15) is 52.4 Å². The molecule has 1 aliphatic heterocycles. The van der Waals surface area contributed by atoms with Crippen molar-refractivity contribution in [3.8, 4) is 0 Å². The molecule has 1 heterocycles. The fraction of sp³-hybridized carbons (Fsp3) is 0.938. The topological polar surface area (TPSA) is 64.6 Å². The molecule has 0 atom stereocenters. The van der Waals surface area contributed by atoms with Crippen molar-refractivity contribution < 1.29 is 9.90 Å². The Kier molecular flexibility index (Phi) is 5.88. The number of piperidine rings is 1. The molecule has 2 fully saturated rings. The van der Waals surface area contributed by atoms with Crippen LogP contribution in [0.25, 0.3) is 0 Å². The number of aliphatic hydroxyl groups excluding tert-OH is 1. The van der Waals surface area contributed by atoms with Crippen LogP contribution in [-0.2, 0) is 0 Å². The molecule has 2 rings (SSSR count). The Morgan fingerprint density at radius 2 is 1.90 bits per heavy atom. The molecule has 0 aromatic carbocycles. The molecule has 0 aromatic rings. The van der Waals surface area contributed by atoms with E-state index in [1.165, 1.54) is 0 Å². The molecule has 2 amide bonds. The SMILES string of the molecule is CC(C)CN1CCC(NC(=O)NC2(CO)CCCC2)CC1. The average Bonchev–Trinajstić information content (AvgIpc) is 2.89. The second kappa shape index (κ2) is 7.45. The van der Waals surface area contributed by atoms with Gasteiger partial charge in [0, 0.05) is 25.7 Å². The Balaban J connectivity index is 1.72. The Labute approximate surface area is 128 Å². The fourth-order valence-electron chi connectivity index (χ4n) is 3.61. The van der Waals surface area contributed by atoms with E-state index in [9.17, 15) is 9.90 Å². The number of aliphatic hydroxyl groups is 1. The summed E-state index contributed by atoms with van der Waals surface area (Å²) in [6.07, 6.45) is 6.01.